The molecule has 0 spiro atoms. The highest BCUT2D eigenvalue weighted by atomic mass is 32.3. The van der Waals surface area contributed by atoms with E-state index in [2.05, 4.69) is 10.3 Å². The second-order valence-corrected chi connectivity index (χ2v) is 7.85. The van der Waals surface area contributed by atoms with Crippen molar-refractivity contribution in [1.29, 1.82) is 0 Å². The summed E-state index contributed by atoms with van der Waals surface area (Å²) in [6.07, 6.45) is 0. The SMILES string of the molecule is CCOC(=O)c1ccc(NC(=O)CS(=O)(=O)C2=NCCS2)cc1. The predicted molar refractivity (Wildman–Crippen MR) is 89.6 cm³/mol. The van der Waals surface area contributed by atoms with Crippen LogP contribution in [0, 0.1) is 0 Å². The van der Waals surface area contributed by atoms with Crippen molar-refractivity contribution in [3.05, 3.63) is 29.8 Å². The molecule has 0 fully saturated rings. The second kappa shape index (κ2) is 7.60. The Morgan fingerprint density at radius 3 is 2.57 bits per heavy atom. The summed E-state index contributed by atoms with van der Waals surface area (Å²) in [5.74, 6) is -1.14. The van der Waals surface area contributed by atoms with E-state index in [0.717, 1.165) is 11.8 Å². The summed E-state index contributed by atoms with van der Waals surface area (Å²) in [6.45, 7) is 2.44. The molecule has 0 saturated heterocycles. The summed E-state index contributed by atoms with van der Waals surface area (Å²) in [5.41, 5.74) is 0.758. The molecule has 7 nitrogen and oxygen atoms in total. The van der Waals surface area contributed by atoms with Crippen LogP contribution in [0.1, 0.15) is 17.3 Å². The van der Waals surface area contributed by atoms with Crippen LogP contribution in [0.15, 0.2) is 29.3 Å². The molecule has 1 N–H and O–H groups in total. The van der Waals surface area contributed by atoms with Crippen LogP contribution < -0.4 is 5.32 Å². The van der Waals surface area contributed by atoms with Gasteiger partial charge in [-0.3, -0.25) is 9.79 Å². The first-order valence-corrected chi connectivity index (χ1v) is 9.53. The van der Waals surface area contributed by atoms with Crippen molar-refractivity contribution in [3.63, 3.8) is 0 Å². The molecule has 0 aliphatic carbocycles. The summed E-state index contributed by atoms with van der Waals surface area (Å²) < 4.78 is 28.8. The van der Waals surface area contributed by atoms with Gasteiger partial charge in [0.25, 0.3) is 0 Å². The van der Waals surface area contributed by atoms with Crippen LogP contribution in [0.3, 0.4) is 0 Å². The van der Waals surface area contributed by atoms with Gasteiger partial charge < -0.3 is 10.1 Å². The number of esters is 1. The molecule has 1 aromatic carbocycles. The number of carbonyl (C=O) groups excluding carboxylic acids is 2. The molecule has 0 radical (unpaired) electrons. The van der Waals surface area contributed by atoms with Crippen LogP contribution >= 0.6 is 11.8 Å². The van der Waals surface area contributed by atoms with Crippen molar-refractivity contribution in [2.45, 2.75) is 6.92 Å². The summed E-state index contributed by atoms with van der Waals surface area (Å²) >= 11 is 1.14. The average Bonchev–Trinajstić information content (AvgIpc) is 3.02. The van der Waals surface area contributed by atoms with E-state index in [-0.39, 0.29) is 11.0 Å². The fourth-order valence-corrected chi connectivity index (χ4v) is 4.35. The monoisotopic (exact) mass is 356 g/mol. The molecule has 0 saturated carbocycles. The molecule has 23 heavy (non-hydrogen) atoms. The Morgan fingerprint density at radius 2 is 2.00 bits per heavy atom. The molecule has 1 aliphatic heterocycles. The van der Waals surface area contributed by atoms with Crippen LogP contribution in [-0.4, -0.2) is 49.3 Å². The largest absolute Gasteiger partial charge is 0.462 e. The predicted octanol–water partition coefficient (Wildman–Crippen LogP) is 1.32. The van der Waals surface area contributed by atoms with Crippen molar-refractivity contribution < 1.29 is 22.7 Å². The second-order valence-electron chi connectivity index (χ2n) is 4.60. The third kappa shape index (κ3) is 4.80. The standard InChI is InChI=1S/C14H16N2O5S2/c1-2-21-13(18)10-3-5-11(6-4-10)16-12(17)9-23(19,20)14-15-7-8-22-14/h3-6H,2,7-9H2,1H3,(H,16,17). The lowest BCUT2D eigenvalue weighted by atomic mass is 10.2. The summed E-state index contributed by atoms with van der Waals surface area (Å²) in [4.78, 5) is 27.2. The van der Waals surface area contributed by atoms with Gasteiger partial charge in [0.15, 0.2) is 4.38 Å². The number of rotatable bonds is 5. The zero-order valence-electron chi connectivity index (χ0n) is 12.4. The smallest absolute Gasteiger partial charge is 0.338 e. The highest BCUT2D eigenvalue weighted by molar-refractivity contribution is 8.35. The first-order chi connectivity index (χ1) is 10.9. The molecule has 0 unspecified atom stereocenters. The van der Waals surface area contributed by atoms with Gasteiger partial charge in [0.05, 0.1) is 18.7 Å². The minimum atomic E-state index is -3.68. The summed E-state index contributed by atoms with van der Waals surface area (Å²) in [5, 5.41) is 2.49. The summed E-state index contributed by atoms with van der Waals surface area (Å²) in [7, 11) is -3.68. The van der Waals surface area contributed by atoms with Crippen molar-refractivity contribution in [2.75, 3.05) is 30.0 Å². The number of nitrogens with zero attached hydrogens (tertiary/aromatic N) is 1. The number of amides is 1. The molecule has 124 valence electrons. The number of benzene rings is 1. The fourth-order valence-electron chi connectivity index (χ4n) is 1.84. The molecule has 1 heterocycles. The van der Waals surface area contributed by atoms with E-state index >= 15 is 0 Å². The molecule has 1 aliphatic rings. The Balaban J connectivity index is 1.96. The number of hydrogen-bond donors (Lipinski definition) is 1. The van der Waals surface area contributed by atoms with Gasteiger partial charge in [0.2, 0.25) is 15.7 Å². The van der Waals surface area contributed by atoms with Gasteiger partial charge in [-0.1, -0.05) is 11.8 Å². The van der Waals surface area contributed by atoms with Crippen LogP contribution in [0.5, 0.6) is 0 Å². The first kappa shape index (κ1) is 17.5. The normalized spacial score (nSPS) is 14.2. The number of sulfone groups is 1. The minimum Gasteiger partial charge on any atom is -0.462 e. The van der Waals surface area contributed by atoms with Gasteiger partial charge in [-0.05, 0) is 31.2 Å². The van der Waals surface area contributed by atoms with Gasteiger partial charge in [0, 0.05) is 11.4 Å². The third-order valence-corrected chi connectivity index (χ3v) is 6.01. The zero-order valence-corrected chi connectivity index (χ0v) is 14.1. The van der Waals surface area contributed by atoms with Crippen molar-refractivity contribution >= 4 is 43.5 Å². The third-order valence-electron chi connectivity index (χ3n) is 2.82. The Morgan fingerprint density at radius 1 is 1.30 bits per heavy atom. The molecule has 2 rings (SSSR count). The van der Waals surface area contributed by atoms with E-state index in [1.54, 1.807) is 6.92 Å². The first-order valence-electron chi connectivity index (χ1n) is 6.89. The van der Waals surface area contributed by atoms with E-state index in [0.29, 0.717) is 23.5 Å². The van der Waals surface area contributed by atoms with Gasteiger partial charge >= 0.3 is 5.97 Å². The Bertz CT molecular complexity index is 726. The number of carbonyl (C=O) groups is 2. The number of thioether (sulfide) groups is 1. The Labute approximate surface area is 138 Å². The molecule has 1 amide bonds. The summed E-state index contributed by atoms with van der Waals surface area (Å²) in [6, 6.07) is 6.02. The van der Waals surface area contributed by atoms with E-state index < -0.39 is 27.5 Å². The number of ether oxygens (including phenoxy) is 1. The van der Waals surface area contributed by atoms with Crippen molar-refractivity contribution in [1.82, 2.24) is 0 Å². The Hall–Kier alpha value is -1.87. The Kier molecular flexibility index (Phi) is 5.78. The van der Waals surface area contributed by atoms with Crippen LogP contribution in [0.2, 0.25) is 0 Å². The van der Waals surface area contributed by atoms with Crippen LogP contribution in [0.25, 0.3) is 0 Å². The number of hydrogen-bond acceptors (Lipinski definition) is 7. The van der Waals surface area contributed by atoms with Crippen molar-refractivity contribution in [2.24, 2.45) is 4.99 Å². The number of anilines is 1. The van der Waals surface area contributed by atoms with E-state index in [4.69, 9.17) is 4.74 Å². The lowest BCUT2D eigenvalue weighted by molar-refractivity contribution is -0.113. The van der Waals surface area contributed by atoms with Crippen LogP contribution in [-0.2, 0) is 19.4 Å². The highest BCUT2D eigenvalue weighted by Crippen LogP contribution is 2.18. The molecule has 1 aromatic rings. The van der Waals surface area contributed by atoms with E-state index in [1.807, 2.05) is 0 Å². The van der Waals surface area contributed by atoms with E-state index in [9.17, 15) is 18.0 Å². The number of aliphatic imine (C=N–C) groups is 1. The molecule has 0 atom stereocenters. The maximum atomic E-state index is 12.0. The number of nitrogens with one attached hydrogen (secondary N) is 1. The molecule has 9 heteroatoms. The molecule has 0 bridgehead atoms. The molecule has 0 aromatic heterocycles. The molecular weight excluding hydrogens is 340 g/mol. The van der Waals surface area contributed by atoms with Crippen LogP contribution in [0.4, 0.5) is 5.69 Å². The van der Waals surface area contributed by atoms with Gasteiger partial charge in [-0.2, -0.15) is 0 Å². The van der Waals surface area contributed by atoms with Gasteiger partial charge in [0.1, 0.15) is 5.75 Å². The maximum absolute atomic E-state index is 12.0. The average molecular weight is 356 g/mol. The maximum Gasteiger partial charge on any atom is 0.338 e. The fraction of sp³-hybridized carbons (Fsp3) is 0.357. The lowest BCUT2D eigenvalue weighted by Crippen LogP contribution is -2.26. The van der Waals surface area contributed by atoms with Gasteiger partial charge in [-0.15, -0.1) is 0 Å². The van der Waals surface area contributed by atoms with Crippen molar-refractivity contribution in [3.8, 4) is 0 Å². The zero-order chi connectivity index (χ0) is 16.9. The highest BCUT2D eigenvalue weighted by Gasteiger charge is 2.26. The quantitative estimate of drug-likeness (QED) is 0.798. The lowest BCUT2D eigenvalue weighted by Gasteiger charge is -2.07. The topological polar surface area (TPSA) is 102 Å². The molecular formula is C14H16N2O5S2. The van der Waals surface area contributed by atoms with Gasteiger partial charge in [-0.25, -0.2) is 13.2 Å². The van der Waals surface area contributed by atoms with E-state index in [1.165, 1.54) is 24.3 Å². The minimum absolute atomic E-state index is 0.0188.